The van der Waals surface area contributed by atoms with Crippen LogP contribution in [0.4, 0.5) is 8.78 Å². The van der Waals surface area contributed by atoms with E-state index >= 15 is 0 Å². The van der Waals surface area contributed by atoms with Crippen LogP contribution in [0.25, 0.3) is 0 Å². The van der Waals surface area contributed by atoms with Gasteiger partial charge < -0.3 is 10.0 Å². The quantitative estimate of drug-likeness (QED) is 0.872. The summed E-state index contributed by atoms with van der Waals surface area (Å²) in [6, 6.07) is 1.53. The van der Waals surface area contributed by atoms with Crippen LogP contribution in [-0.2, 0) is 0 Å². The molecule has 2 rings (SSSR count). The number of likely N-dealkylation sites (tertiary alicyclic amines) is 1. The molecule has 0 aromatic heterocycles. The molecule has 1 amide bonds. The molecule has 1 aliphatic heterocycles. The number of amides is 1. The lowest BCUT2D eigenvalue weighted by atomic mass is 9.98. The third kappa shape index (κ3) is 3.10. The number of carbonyl (C=O) groups excluding carboxylic acids is 1. The van der Waals surface area contributed by atoms with Crippen LogP contribution in [0, 0.1) is 11.6 Å². The maximum atomic E-state index is 13.8. The molecule has 1 fully saturated rings. The molecule has 3 nitrogen and oxygen atoms in total. The maximum Gasteiger partial charge on any atom is 0.257 e. The number of piperidine rings is 1. The second kappa shape index (κ2) is 6.50. The van der Waals surface area contributed by atoms with E-state index < -0.39 is 17.5 Å². The van der Waals surface area contributed by atoms with E-state index in [2.05, 4.69) is 0 Å². The Morgan fingerprint density at radius 3 is 2.80 bits per heavy atom. The van der Waals surface area contributed by atoms with E-state index in [1.54, 1.807) is 0 Å². The van der Waals surface area contributed by atoms with Gasteiger partial charge in [0.15, 0.2) is 0 Å². The van der Waals surface area contributed by atoms with Gasteiger partial charge in [0.05, 0.1) is 10.6 Å². The van der Waals surface area contributed by atoms with E-state index in [1.807, 2.05) is 0 Å². The van der Waals surface area contributed by atoms with E-state index in [9.17, 15) is 13.6 Å². The van der Waals surface area contributed by atoms with Crippen LogP contribution in [0.1, 0.15) is 36.0 Å². The number of carbonyl (C=O) groups is 1. The molecule has 1 aromatic rings. The highest BCUT2D eigenvalue weighted by molar-refractivity contribution is 6.30. The minimum atomic E-state index is -0.824. The van der Waals surface area contributed by atoms with Crippen LogP contribution < -0.4 is 0 Å². The summed E-state index contributed by atoms with van der Waals surface area (Å²) in [7, 11) is 0. The number of hydrogen-bond donors (Lipinski definition) is 1. The Kier molecular flexibility index (Phi) is 4.94. The number of nitrogens with zero attached hydrogens (tertiary/aromatic N) is 1. The van der Waals surface area contributed by atoms with Crippen LogP contribution in [-0.4, -0.2) is 35.1 Å². The van der Waals surface area contributed by atoms with Crippen molar-refractivity contribution in [1.82, 2.24) is 4.90 Å². The standard InChI is InChI=1S/C14H16ClF2NO2/c15-11-8-12(16)10(7-13(11)17)14(20)18-5-2-1-3-9(18)4-6-19/h7-9,19H,1-6H2. The number of halogens is 3. The largest absolute Gasteiger partial charge is 0.396 e. The summed E-state index contributed by atoms with van der Waals surface area (Å²) < 4.78 is 27.2. The van der Waals surface area contributed by atoms with E-state index in [0.29, 0.717) is 13.0 Å². The smallest absolute Gasteiger partial charge is 0.257 e. The van der Waals surface area contributed by atoms with Crippen molar-refractivity contribution in [3.8, 4) is 0 Å². The fourth-order valence-corrected chi connectivity index (χ4v) is 2.71. The minimum absolute atomic E-state index is 0.0358. The highest BCUT2D eigenvalue weighted by Crippen LogP contribution is 2.25. The summed E-state index contributed by atoms with van der Waals surface area (Å²) in [5, 5.41) is 8.69. The molecule has 1 atom stereocenters. The van der Waals surface area contributed by atoms with E-state index in [-0.39, 0.29) is 23.2 Å². The molecule has 1 aromatic carbocycles. The number of hydrogen-bond acceptors (Lipinski definition) is 2. The highest BCUT2D eigenvalue weighted by atomic mass is 35.5. The van der Waals surface area contributed by atoms with E-state index in [0.717, 1.165) is 31.4 Å². The van der Waals surface area contributed by atoms with Crippen LogP contribution >= 0.6 is 11.6 Å². The summed E-state index contributed by atoms with van der Waals surface area (Å²) in [6.07, 6.45) is 3.00. The summed E-state index contributed by atoms with van der Waals surface area (Å²) in [5.41, 5.74) is -0.309. The van der Waals surface area contributed by atoms with Crippen molar-refractivity contribution in [3.05, 3.63) is 34.4 Å². The first-order chi connectivity index (χ1) is 9.54. The first-order valence-electron chi connectivity index (χ1n) is 6.61. The zero-order chi connectivity index (χ0) is 14.7. The van der Waals surface area contributed by atoms with Crippen LogP contribution in [0.5, 0.6) is 0 Å². The van der Waals surface area contributed by atoms with Crippen molar-refractivity contribution in [3.63, 3.8) is 0 Å². The van der Waals surface area contributed by atoms with E-state index in [1.165, 1.54) is 4.90 Å². The molecule has 110 valence electrons. The zero-order valence-corrected chi connectivity index (χ0v) is 11.7. The Hall–Kier alpha value is -1.20. The fraction of sp³-hybridized carbons (Fsp3) is 0.500. The Morgan fingerprint density at radius 1 is 1.35 bits per heavy atom. The van der Waals surface area contributed by atoms with Gasteiger partial charge in [0.2, 0.25) is 0 Å². The normalized spacial score (nSPS) is 19.2. The first kappa shape index (κ1) is 15.2. The lowest BCUT2D eigenvalue weighted by molar-refractivity contribution is 0.0569. The Balaban J connectivity index is 2.27. The molecule has 20 heavy (non-hydrogen) atoms. The van der Waals surface area contributed by atoms with Crippen molar-refractivity contribution in [2.75, 3.05) is 13.2 Å². The summed E-state index contributed by atoms with van der Waals surface area (Å²) in [4.78, 5) is 13.9. The van der Waals surface area contributed by atoms with Gasteiger partial charge in [-0.15, -0.1) is 0 Å². The molecule has 0 saturated carbocycles. The average molecular weight is 304 g/mol. The van der Waals surface area contributed by atoms with Gasteiger partial charge in [-0.3, -0.25) is 4.79 Å². The maximum absolute atomic E-state index is 13.8. The van der Waals surface area contributed by atoms with Crippen LogP contribution in [0.15, 0.2) is 12.1 Å². The lowest BCUT2D eigenvalue weighted by Gasteiger charge is -2.35. The average Bonchev–Trinajstić information content (AvgIpc) is 2.43. The third-order valence-electron chi connectivity index (χ3n) is 3.59. The number of aliphatic hydroxyl groups is 1. The van der Waals surface area contributed by atoms with E-state index in [4.69, 9.17) is 16.7 Å². The zero-order valence-electron chi connectivity index (χ0n) is 10.9. The molecule has 0 spiro atoms. The Morgan fingerprint density at radius 2 is 2.10 bits per heavy atom. The molecule has 0 bridgehead atoms. The predicted molar refractivity (Wildman–Crippen MR) is 71.7 cm³/mol. The van der Waals surface area contributed by atoms with Gasteiger partial charge in [-0.1, -0.05) is 11.6 Å². The molecule has 0 aliphatic carbocycles. The van der Waals surface area contributed by atoms with Crippen LogP contribution in [0.2, 0.25) is 5.02 Å². The Bertz CT molecular complexity index is 508. The predicted octanol–water partition coefficient (Wildman–Crippen LogP) is 3.00. The van der Waals surface area contributed by atoms with Gasteiger partial charge in [-0.25, -0.2) is 8.78 Å². The highest BCUT2D eigenvalue weighted by Gasteiger charge is 2.29. The monoisotopic (exact) mass is 303 g/mol. The van der Waals surface area contributed by atoms with Crippen molar-refractivity contribution < 1.29 is 18.7 Å². The van der Waals surface area contributed by atoms with Crippen molar-refractivity contribution >= 4 is 17.5 Å². The third-order valence-corrected chi connectivity index (χ3v) is 3.88. The second-order valence-electron chi connectivity index (χ2n) is 4.91. The first-order valence-corrected chi connectivity index (χ1v) is 6.98. The summed E-state index contributed by atoms with van der Waals surface area (Å²) in [5.74, 6) is -2.18. The van der Waals surface area contributed by atoms with Gasteiger partial charge in [0, 0.05) is 19.2 Å². The van der Waals surface area contributed by atoms with Gasteiger partial charge in [0.25, 0.3) is 5.91 Å². The number of aliphatic hydroxyl groups excluding tert-OH is 1. The number of benzene rings is 1. The van der Waals surface area contributed by atoms with Gasteiger partial charge in [-0.2, -0.15) is 0 Å². The molecule has 1 heterocycles. The van der Waals surface area contributed by atoms with Crippen molar-refractivity contribution in [2.45, 2.75) is 31.7 Å². The minimum Gasteiger partial charge on any atom is -0.396 e. The molecule has 1 aliphatic rings. The van der Waals surface area contributed by atoms with Crippen LogP contribution in [0.3, 0.4) is 0 Å². The van der Waals surface area contributed by atoms with Gasteiger partial charge in [-0.05, 0) is 37.8 Å². The molecule has 0 radical (unpaired) electrons. The topological polar surface area (TPSA) is 40.5 Å². The molecule has 1 saturated heterocycles. The second-order valence-corrected chi connectivity index (χ2v) is 5.31. The SMILES string of the molecule is O=C(c1cc(F)c(Cl)cc1F)N1CCCCC1CCO. The fourth-order valence-electron chi connectivity index (χ4n) is 2.56. The molecule has 1 N–H and O–H groups in total. The van der Waals surface area contributed by atoms with Crippen molar-refractivity contribution in [2.24, 2.45) is 0 Å². The lowest BCUT2D eigenvalue weighted by Crippen LogP contribution is -2.44. The molecule has 6 heteroatoms. The molecule has 1 unspecified atom stereocenters. The van der Waals surface area contributed by atoms with Gasteiger partial charge in [0.1, 0.15) is 11.6 Å². The van der Waals surface area contributed by atoms with Crippen molar-refractivity contribution in [1.29, 1.82) is 0 Å². The molecular weight excluding hydrogens is 288 g/mol. The Labute approximate surface area is 121 Å². The molecular formula is C14H16ClF2NO2. The summed E-state index contributed by atoms with van der Waals surface area (Å²) in [6.45, 7) is 0.457. The number of rotatable bonds is 3. The van der Waals surface area contributed by atoms with Gasteiger partial charge >= 0.3 is 0 Å². The summed E-state index contributed by atoms with van der Waals surface area (Å²) >= 11 is 5.48.